The lowest BCUT2D eigenvalue weighted by Crippen LogP contribution is -2.41. The molecule has 1 aromatic rings. The third kappa shape index (κ3) is 4.06. The largest absolute Gasteiger partial charge is 0.336 e. The Labute approximate surface area is 152 Å². The minimum atomic E-state index is -3.58. The molecule has 0 spiro atoms. The zero-order valence-corrected chi connectivity index (χ0v) is 16.8. The van der Waals surface area contributed by atoms with E-state index in [4.69, 9.17) is 0 Å². The van der Waals surface area contributed by atoms with Crippen LogP contribution in [-0.4, -0.2) is 50.2 Å². The van der Waals surface area contributed by atoms with Gasteiger partial charge in [-0.3, -0.25) is 4.79 Å². The number of sulfonamides is 1. The number of carbonyl (C=O) groups is 1. The third-order valence-corrected chi connectivity index (χ3v) is 7.18. The molecule has 0 aliphatic heterocycles. The first-order valence-electron chi connectivity index (χ1n) is 9.04. The van der Waals surface area contributed by atoms with Gasteiger partial charge >= 0.3 is 0 Å². The molecule has 1 fully saturated rings. The van der Waals surface area contributed by atoms with Gasteiger partial charge in [-0.25, -0.2) is 12.7 Å². The van der Waals surface area contributed by atoms with E-state index in [-0.39, 0.29) is 16.8 Å². The number of benzene rings is 1. The summed E-state index contributed by atoms with van der Waals surface area (Å²) in [7, 11) is -0.555. The molecule has 1 aliphatic carbocycles. The first kappa shape index (κ1) is 19.9. The Morgan fingerprint density at radius 1 is 1.12 bits per heavy atom. The van der Waals surface area contributed by atoms with Crippen molar-refractivity contribution in [3.63, 3.8) is 0 Å². The molecule has 0 unspecified atom stereocenters. The van der Waals surface area contributed by atoms with Crippen LogP contribution in [0.15, 0.2) is 17.0 Å². The van der Waals surface area contributed by atoms with Crippen molar-refractivity contribution >= 4 is 15.9 Å². The monoisotopic (exact) mass is 366 g/mol. The normalized spacial score (nSPS) is 16.2. The summed E-state index contributed by atoms with van der Waals surface area (Å²) in [5, 5.41) is 0. The van der Waals surface area contributed by atoms with E-state index in [0.29, 0.717) is 17.7 Å². The molecule has 25 heavy (non-hydrogen) atoms. The standard InChI is InChI=1S/C19H30N2O3S/c1-6-21(17-10-8-7-9-11-17)19(22)16-12-14(2)15(3)18(13-16)25(23,24)20(4)5/h12-13,17H,6-11H2,1-5H3. The Bertz CT molecular complexity index is 735. The SMILES string of the molecule is CCN(C(=O)c1cc(C)c(C)c(S(=O)(=O)N(C)C)c1)C1CCCCC1. The number of hydrogen-bond donors (Lipinski definition) is 0. The molecule has 2 rings (SSSR count). The zero-order chi connectivity index (χ0) is 18.8. The molecule has 0 atom stereocenters. The van der Waals surface area contributed by atoms with Crippen LogP contribution >= 0.6 is 0 Å². The molecule has 1 amide bonds. The second kappa shape index (κ2) is 7.87. The minimum Gasteiger partial charge on any atom is -0.336 e. The van der Waals surface area contributed by atoms with E-state index in [9.17, 15) is 13.2 Å². The topological polar surface area (TPSA) is 57.7 Å². The van der Waals surface area contributed by atoms with Crippen molar-refractivity contribution in [2.75, 3.05) is 20.6 Å². The fraction of sp³-hybridized carbons (Fsp3) is 0.632. The van der Waals surface area contributed by atoms with E-state index < -0.39 is 10.0 Å². The van der Waals surface area contributed by atoms with Crippen molar-refractivity contribution in [2.45, 2.75) is 63.8 Å². The fourth-order valence-corrected chi connectivity index (χ4v) is 4.76. The van der Waals surface area contributed by atoms with E-state index in [2.05, 4.69) is 0 Å². The molecule has 1 saturated carbocycles. The minimum absolute atomic E-state index is 0.0623. The lowest BCUT2D eigenvalue weighted by Gasteiger charge is -2.34. The predicted molar refractivity (Wildman–Crippen MR) is 100 cm³/mol. The predicted octanol–water partition coefficient (Wildman–Crippen LogP) is 3.35. The molecule has 0 radical (unpaired) electrons. The molecular weight excluding hydrogens is 336 g/mol. The quantitative estimate of drug-likeness (QED) is 0.803. The second-order valence-electron chi connectivity index (χ2n) is 7.09. The van der Waals surface area contributed by atoms with Crippen LogP contribution in [0, 0.1) is 13.8 Å². The van der Waals surface area contributed by atoms with Crippen LogP contribution in [0.4, 0.5) is 0 Å². The highest BCUT2D eigenvalue weighted by molar-refractivity contribution is 7.89. The number of rotatable bonds is 5. The van der Waals surface area contributed by atoms with Gasteiger partial charge in [0.1, 0.15) is 0 Å². The van der Waals surface area contributed by atoms with Gasteiger partial charge < -0.3 is 4.90 Å². The summed E-state index contributed by atoms with van der Waals surface area (Å²) >= 11 is 0. The summed E-state index contributed by atoms with van der Waals surface area (Å²) in [5.41, 5.74) is 1.99. The summed E-state index contributed by atoms with van der Waals surface area (Å²) in [6.45, 7) is 6.29. The molecule has 0 saturated heterocycles. The Kier molecular flexibility index (Phi) is 6.27. The third-order valence-electron chi connectivity index (χ3n) is 5.24. The van der Waals surface area contributed by atoms with Crippen LogP contribution in [0.1, 0.15) is 60.5 Å². The molecule has 6 heteroatoms. The molecule has 140 valence electrons. The van der Waals surface area contributed by atoms with Gasteiger partial charge in [-0.1, -0.05) is 19.3 Å². The number of aryl methyl sites for hydroxylation is 1. The van der Waals surface area contributed by atoms with Gasteiger partial charge in [0.2, 0.25) is 10.0 Å². The van der Waals surface area contributed by atoms with Gasteiger partial charge in [0.15, 0.2) is 0 Å². The molecule has 5 nitrogen and oxygen atoms in total. The van der Waals surface area contributed by atoms with Crippen LogP contribution in [0.2, 0.25) is 0 Å². The van der Waals surface area contributed by atoms with Crippen molar-refractivity contribution < 1.29 is 13.2 Å². The van der Waals surface area contributed by atoms with Crippen molar-refractivity contribution in [1.29, 1.82) is 0 Å². The van der Waals surface area contributed by atoms with Gasteiger partial charge in [-0.15, -0.1) is 0 Å². The zero-order valence-electron chi connectivity index (χ0n) is 16.0. The van der Waals surface area contributed by atoms with Crippen molar-refractivity contribution in [3.8, 4) is 0 Å². The van der Waals surface area contributed by atoms with Crippen LogP contribution in [0.3, 0.4) is 0 Å². The van der Waals surface area contributed by atoms with Crippen LogP contribution in [0.25, 0.3) is 0 Å². The molecule has 1 aromatic carbocycles. The van der Waals surface area contributed by atoms with E-state index in [1.165, 1.54) is 24.8 Å². The molecule has 1 aliphatic rings. The van der Waals surface area contributed by atoms with E-state index >= 15 is 0 Å². The average Bonchev–Trinajstić information content (AvgIpc) is 2.58. The molecule has 0 aromatic heterocycles. The summed E-state index contributed by atoms with van der Waals surface area (Å²) in [6, 6.07) is 3.63. The number of amides is 1. The Morgan fingerprint density at radius 2 is 1.72 bits per heavy atom. The molecular formula is C19H30N2O3S. The highest BCUT2D eigenvalue weighted by Gasteiger charge is 2.28. The summed E-state index contributed by atoms with van der Waals surface area (Å²) in [4.78, 5) is 15.2. The number of carbonyl (C=O) groups excluding carboxylic acids is 1. The molecule has 0 N–H and O–H groups in total. The average molecular weight is 367 g/mol. The highest BCUT2D eigenvalue weighted by atomic mass is 32.2. The van der Waals surface area contributed by atoms with Crippen LogP contribution in [0.5, 0.6) is 0 Å². The maximum absolute atomic E-state index is 13.1. The first-order chi connectivity index (χ1) is 11.7. The van der Waals surface area contributed by atoms with Crippen molar-refractivity contribution in [2.24, 2.45) is 0 Å². The van der Waals surface area contributed by atoms with Crippen molar-refractivity contribution in [1.82, 2.24) is 9.21 Å². The summed E-state index contributed by atoms with van der Waals surface area (Å²) in [5.74, 6) is -0.0623. The molecule has 0 heterocycles. The van der Waals surface area contributed by atoms with E-state index in [0.717, 1.165) is 31.2 Å². The highest BCUT2D eigenvalue weighted by Crippen LogP contribution is 2.27. The first-order valence-corrected chi connectivity index (χ1v) is 10.5. The summed E-state index contributed by atoms with van der Waals surface area (Å²) in [6.07, 6.45) is 5.61. The van der Waals surface area contributed by atoms with Crippen LogP contribution in [-0.2, 0) is 10.0 Å². The van der Waals surface area contributed by atoms with E-state index in [1.54, 1.807) is 13.0 Å². The smallest absolute Gasteiger partial charge is 0.254 e. The molecule has 0 bridgehead atoms. The maximum Gasteiger partial charge on any atom is 0.254 e. The number of hydrogen-bond acceptors (Lipinski definition) is 3. The van der Waals surface area contributed by atoms with Gasteiger partial charge in [-0.05, 0) is 56.9 Å². The van der Waals surface area contributed by atoms with E-state index in [1.807, 2.05) is 24.8 Å². The van der Waals surface area contributed by atoms with Gasteiger partial charge in [0.25, 0.3) is 5.91 Å². The summed E-state index contributed by atoms with van der Waals surface area (Å²) < 4.78 is 26.4. The Balaban J connectivity index is 2.44. The lowest BCUT2D eigenvalue weighted by atomic mass is 9.93. The van der Waals surface area contributed by atoms with Gasteiger partial charge in [0.05, 0.1) is 4.90 Å². The lowest BCUT2D eigenvalue weighted by molar-refractivity contribution is 0.0647. The fourth-order valence-electron chi connectivity index (χ4n) is 3.54. The second-order valence-corrected chi connectivity index (χ2v) is 9.21. The number of nitrogens with zero attached hydrogens (tertiary/aromatic N) is 2. The maximum atomic E-state index is 13.1. The van der Waals surface area contributed by atoms with Gasteiger partial charge in [-0.2, -0.15) is 0 Å². The Morgan fingerprint density at radius 3 is 2.24 bits per heavy atom. The van der Waals surface area contributed by atoms with Crippen LogP contribution < -0.4 is 0 Å². The van der Waals surface area contributed by atoms with Gasteiger partial charge in [0, 0.05) is 32.2 Å². The Hall–Kier alpha value is -1.40. The van der Waals surface area contributed by atoms with Crippen molar-refractivity contribution in [3.05, 3.63) is 28.8 Å².